The fraction of sp³-hybridized carbons (Fsp3) is 0.522. The molecule has 10 heteroatoms. The normalized spacial score (nSPS) is 23.8. The quantitative estimate of drug-likeness (QED) is 0.689. The number of morpholine rings is 1. The number of carbonyl (C=O) groups is 1. The summed E-state index contributed by atoms with van der Waals surface area (Å²) in [4.78, 5) is 23.7. The molecule has 2 aliphatic heterocycles. The van der Waals surface area contributed by atoms with Crippen molar-refractivity contribution >= 4 is 27.4 Å². The van der Waals surface area contributed by atoms with Crippen LogP contribution >= 0.6 is 0 Å². The van der Waals surface area contributed by atoms with E-state index in [0.717, 1.165) is 5.56 Å². The van der Waals surface area contributed by atoms with E-state index in [1.54, 1.807) is 19.1 Å². The first-order valence-corrected chi connectivity index (χ1v) is 13.2. The Morgan fingerprint density at radius 2 is 1.94 bits per heavy atom. The Labute approximate surface area is 193 Å². The number of ether oxygens (including phenoxy) is 1. The number of anilines is 2. The van der Waals surface area contributed by atoms with Crippen LogP contribution in [0.3, 0.4) is 0 Å². The average Bonchev–Trinajstić information content (AvgIpc) is 3.58. The lowest BCUT2D eigenvalue weighted by Gasteiger charge is -2.35. The van der Waals surface area contributed by atoms with Gasteiger partial charge in [0.15, 0.2) is 15.7 Å². The lowest BCUT2D eigenvalue weighted by molar-refractivity contribution is 0.0984. The maximum absolute atomic E-state index is 12.7. The molecule has 1 aromatic heterocycles. The maximum Gasteiger partial charge on any atom is 0.319 e. The monoisotopic (exact) mass is 471 g/mol. The van der Waals surface area contributed by atoms with Gasteiger partial charge in [0, 0.05) is 29.9 Å². The van der Waals surface area contributed by atoms with Crippen LogP contribution in [0, 0.1) is 5.92 Å². The number of urea groups is 1. The fourth-order valence-electron chi connectivity index (χ4n) is 4.35. The van der Waals surface area contributed by atoms with Crippen LogP contribution in [-0.2, 0) is 20.3 Å². The van der Waals surface area contributed by atoms with Crippen molar-refractivity contribution in [2.45, 2.75) is 43.7 Å². The summed E-state index contributed by atoms with van der Waals surface area (Å²) in [5.41, 5.74) is 2.72. The van der Waals surface area contributed by atoms with Crippen LogP contribution in [-0.4, -0.2) is 56.8 Å². The summed E-state index contributed by atoms with van der Waals surface area (Å²) in [7, 11) is -3.30. The fourth-order valence-corrected chi connectivity index (χ4v) is 5.80. The molecule has 1 saturated heterocycles. The first-order chi connectivity index (χ1) is 15.8. The van der Waals surface area contributed by atoms with E-state index < -0.39 is 15.1 Å². The number of sulfone groups is 1. The first kappa shape index (κ1) is 22.1. The van der Waals surface area contributed by atoms with E-state index in [2.05, 4.69) is 27.4 Å². The topological polar surface area (TPSA) is 114 Å². The standard InChI is InChI=1S/C23H29N5O4S/c1-14-12-32-10-9-28(14)22-20-15(2)33(30,31)13-19(20)26-21(27-22)17-5-7-18(8-6-17)25-23(29)24-11-16-3-4-16/h5-8,14-16H,3-4,9-13H2,1-2H3,(H2,24,25,29). The molecule has 9 nitrogen and oxygen atoms in total. The minimum atomic E-state index is -3.30. The van der Waals surface area contributed by atoms with Crippen LogP contribution in [0.25, 0.3) is 11.4 Å². The van der Waals surface area contributed by atoms with Crippen LogP contribution in [0.5, 0.6) is 0 Å². The second-order valence-corrected chi connectivity index (χ2v) is 11.5. The van der Waals surface area contributed by atoms with Gasteiger partial charge in [-0.2, -0.15) is 0 Å². The third-order valence-corrected chi connectivity index (χ3v) is 8.57. The van der Waals surface area contributed by atoms with E-state index in [0.29, 0.717) is 60.8 Å². The number of nitrogens with zero attached hydrogens (tertiary/aromatic N) is 3. The van der Waals surface area contributed by atoms with Crippen molar-refractivity contribution in [1.82, 2.24) is 15.3 Å². The molecule has 2 amide bonds. The summed E-state index contributed by atoms with van der Waals surface area (Å²) in [5, 5.41) is 5.09. The Hall–Kier alpha value is -2.72. The van der Waals surface area contributed by atoms with Gasteiger partial charge in [-0.05, 0) is 56.9 Å². The maximum atomic E-state index is 12.7. The number of hydrogen-bond donors (Lipinski definition) is 2. The molecule has 2 aromatic rings. The number of fused-ring (bicyclic) bond motifs is 1. The van der Waals surface area contributed by atoms with E-state index in [4.69, 9.17) is 9.72 Å². The molecule has 5 rings (SSSR count). The summed E-state index contributed by atoms with van der Waals surface area (Å²) in [6.45, 7) is 6.26. The summed E-state index contributed by atoms with van der Waals surface area (Å²) in [6.07, 6.45) is 2.36. The van der Waals surface area contributed by atoms with Crippen LogP contribution in [0.1, 0.15) is 43.2 Å². The van der Waals surface area contributed by atoms with Gasteiger partial charge in [-0.15, -0.1) is 0 Å². The molecular weight excluding hydrogens is 442 g/mol. The van der Waals surface area contributed by atoms with E-state index in [9.17, 15) is 13.2 Å². The minimum Gasteiger partial charge on any atom is -0.377 e. The Morgan fingerprint density at radius 1 is 1.18 bits per heavy atom. The minimum absolute atomic E-state index is 0.0778. The Morgan fingerprint density at radius 3 is 2.64 bits per heavy atom. The highest BCUT2D eigenvalue weighted by molar-refractivity contribution is 7.91. The molecule has 0 bridgehead atoms. The van der Waals surface area contributed by atoms with Gasteiger partial charge in [0.1, 0.15) is 5.82 Å². The number of nitrogens with one attached hydrogen (secondary N) is 2. The smallest absolute Gasteiger partial charge is 0.319 e. The van der Waals surface area contributed by atoms with Gasteiger partial charge in [-0.25, -0.2) is 23.2 Å². The molecule has 176 valence electrons. The first-order valence-electron chi connectivity index (χ1n) is 11.4. The molecule has 3 heterocycles. The Bertz CT molecular complexity index is 1160. The van der Waals surface area contributed by atoms with E-state index in [1.165, 1.54) is 12.8 Å². The zero-order chi connectivity index (χ0) is 23.2. The van der Waals surface area contributed by atoms with Crippen molar-refractivity contribution in [2.75, 3.05) is 36.5 Å². The van der Waals surface area contributed by atoms with Crippen molar-refractivity contribution in [3.63, 3.8) is 0 Å². The summed E-state index contributed by atoms with van der Waals surface area (Å²) in [5.74, 6) is 1.70. The SMILES string of the molecule is CC1COCCN1c1nc(-c2ccc(NC(=O)NCC3CC3)cc2)nc2c1C(C)S(=O)(=O)C2. The van der Waals surface area contributed by atoms with Crippen molar-refractivity contribution < 1.29 is 17.9 Å². The van der Waals surface area contributed by atoms with Crippen LogP contribution in [0.4, 0.5) is 16.3 Å². The van der Waals surface area contributed by atoms with E-state index in [1.807, 2.05) is 12.1 Å². The van der Waals surface area contributed by atoms with Gasteiger partial charge in [0.25, 0.3) is 0 Å². The zero-order valence-corrected chi connectivity index (χ0v) is 19.7. The zero-order valence-electron chi connectivity index (χ0n) is 18.9. The lowest BCUT2D eigenvalue weighted by atomic mass is 10.1. The number of benzene rings is 1. The summed E-state index contributed by atoms with van der Waals surface area (Å²) >= 11 is 0. The number of amides is 2. The highest BCUT2D eigenvalue weighted by Gasteiger charge is 2.40. The predicted molar refractivity (Wildman–Crippen MR) is 126 cm³/mol. The number of aromatic nitrogens is 2. The van der Waals surface area contributed by atoms with E-state index >= 15 is 0 Å². The third kappa shape index (κ3) is 4.54. The van der Waals surface area contributed by atoms with Crippen molar-refractivity contribution in [1.29, 1.82) is 0 Å². The molecule has 2 N–H and O–H groups in total. The van der Waals surface area contributed by atoms with Crippen LogP contribution in [0.15, 0.2) is 24.3 Å². The number of carbonyl (C=O) groups excluding carboxylic acids is 1. The molecule has 1 saturated carbocycles. The van der Waals surface area contributed by atoms with Gasteiger partial charge >= 0.3 is 6.03 Å². The van der Waals surface area contributed by atoms with Crippen LogP contribution < -0.4 is 15.5 Å². The molecule has 0 spiro atoms. The molecular formula is C23H29N5O4S. The third-order valence-electron chi connectivity index (χ3n) is 6.58. The Balaban J connectivity index is 1.43. The molecule has 2 unspecified atom stereocenters. The van der Waals surface area contributed by atoms with Crippen molar-refractivity contribution in [3.8, 4) is 11.4 Å². The predicted octanol–water partition coefficient (Wildman–Crippen LogP) is 2.89. The Kier molecular flexibility index (Phi) is 5.74. The molecule has 2 fully saturated rings. The molecule has 1 aromatic carbocycles. The molecule has 1 aliphatic carbocycles. The van der Waals surface area contributed by atoms with Gasteiger partial charge in [0.05, 0.1) is 36.0 Å². The van der Waals surface area contributed by atoms with Crippen molar-refractivity contribution in [2.24, 2.45) is 5.92 Å². The molecule has 0 radical (unpaired) electrons. The number of rotatable bonds is 5. The second kappa shape index (κ2) is 8.57. The van der Waals surface area contributed by atoms with Gasteiger partial charge in [-0.3, -0.25) is 0 Å². The van der Waals surface area contributed by atoms with Crippen molar-refractivity contribution in [3.05, 3.63) is 35.5 Å². The lowest BCUT2D eigenvalue weighted by Crippen LogP contribution is -2.44. The van der Waals surface area contributed by atoms with Gasteiger partial charge < -0.3 is 20.3 Å². The average molecular weight is 472 g/mol. The van der Waals surface area contributed by atoms with Gasteiger partial charge in [0.2, 0.25) is 0 Å². The molecule has 3 aliphatic rings. The highest BCUT2D eigenvalue weighted by atomic mass is 32.2. The summed E-state index contributed by atoms with van der Waals surface area (Å²) < 4.78 is 30.9. The molecule has 33 heavy (non-hydrogen) atoms. The van der Waals surface area contributed by atoms with Crippen LogP contribution in [0.2, 0.25) is 0 Å². The highest BCUT2D eigenvalue weighted by Crippen LogP contribution is 2.42. The number of hydrogen-bond acceptors (Lipinski definition) is 7. The largest absolute Gasteiger partial charge is 0.377 e. The second-order valence-electron chi connectivity index (χ2n) is 9.15. The van der Waals surface area contributed by atoms with E-state index in [-0.39, 0.29) is 17.8 Å². The summed E-state index contributed by atoms with van der Waals surface area (Å²) in [6, 6.07) is 7.17. The van der Waals surface area contributed by atoms with Gasteiger partial charge in [-0.1, -0.05) is 0 Å². The molecule has 2 atom stereocenters.